The van der Waals surface area contributed by atoms with Gasteiger partial charge in [0.15, 0.2) is 6.61 Å². The molecule has 0 unspecified atom stereocenters. The molecular formula is C15H21N3O6S. The van der Waals surface area contributed by atoms with Gasteiger partial charge in [-0.15, -0.1) is 0 Å². The third kappa shape index (κ3) is 5.54. The minimum atomic E-state index is -3.59. The molecule has 1 N–H and O–H groups in total. The Morgan fingerprint density at radius 3 is 2.12 bits per heavy atom. The molecule has 0 bridgehead atoms. The summed E-state index contributed by atoms with van der Waals surface area (Å²) in [6.07, 6.45) is 0. The number of hydrogen-bond acceptors (Lipinski definition) is 6. The average molecular weight is 371 g/mol. The van der Waals surface area contributed by atoms with Gasteiger partial charge in [-0.1, -0.05) is 0 Å². The second-order valence-corrected chi connectivity index (χ2v) is 7.46. The highest BCUT2D eigenvalue weighted by Crippen LogP contribution is 2.14. The third-order valence-electron chi connectivity index (χ3n) is 3.28. The van der Waals surface area contributed by atoms with Crippen LogP contribution < -0.4 is 5.32 Å². The topological polar surface area (TPSA) is 113 Å². The molecule has 0 aromatic heterocycles. The zero-order chi connectivity index (χ0) is 19.2. The predicted molar refractivity (Wildman–Crippen MR) is 89.3 cm³/mol. The maximum absolute atomic E-state index is 11.9. The number of carbonyl (C=O) groups is 3. The monoisotopic (exact) mass is 371 g/mol. The van der Waals surface area contributed by atoms with Crippen molar-refractivity contribution in [2.24, 2.45) is 0 Å². The molecule has 0 aliphatic heterocycles. The van der Waals surface area contributed by atoms with E-state index in [1.165, 1.54) is 52.5 Å². The molecule has 0 spiro atoms. The number of sulfonamides is 1. The van der Waals surface area contributed by atoms with Crippen LogP contribution in [0.5, 0.6) is 0 Å². The van der Waals surface area contributed by atoms with Crippen molar-refractivity contribution in [2.75, 3.05) is 41.3 Å². The van der Waals surface area contributed by atoms with E-state index in [4.69, 9.17) is 4.74 Å². The lowest BCUT2D eigenvalue weighted by atomic mass is 10.2. The number of hydrogen-bond donors (Lipinski definition) is 1. The van der Waals surface area contributed by atoms with Crippen LogP contribution in [-0.2, 0) is 24.3 Å². The van der Waals surface area contributed by atoms with Crippen LogP contribution in [0.2, 0.25) is 0 Å². The molecule has 9 nitrogen and oxygen atoms in total. The Kier molecular flexibility index (Phi) is 7.07. The summed E-state index contributed by atoms with van der Waals surface area (Å²) < 4.78 is 29.8. The molecule has 0 fully saturated rings. The number of carbonyl (C=O) groups excluding carboxylic acids is 3. The second kappa shape index (κ2) is 8.58. The Morgan fingerprint density at radius 1 is 1.08 bits per heavy atom. The molecule has 1 rings (SSSR count). The predicted octanol–water partition coefficient (Wildman–Crippen LogP) is -0.702. The van der Waals surface area contributed by atoms with Crippen molar-refractivity contribution in [3.05, 3.63) is 29.8 Å². The maximum atomic E-state index is 11.9. The third-order valence-corrected chi connectivity index (χ3v) is 5.11. The molecule has 1 aromatic rings. The zero-order valence-electron chi connectivity index (χ0n) is 14.5. The molecule has 138 valence electrons. The molecule has 0 saturated heterocycles. The number of esters is 1. The van der Waals surface area contributed by atoms with Gasteiger partial charge in [-0.3, -0.25) is 9.59 Å². The van der Waals surface area contributed by atoms with Gasteiger partial charge in [-0.2, -0.15) is 0 Å². The van der Waals surface area contributed by atoms with E-state index >= 15 is 0 Å². The summed E-state index contributed by atoms with van der Waals surface area (Å²) >= 11 is 0. The van der Waals surface area contributed by atoms with Crippen molar-refractivity contribution in [1.29, 1.82) is 0 Å². The van der Waals surface area contributed by atoms with Crippen LogP contribution >= 0.6 is 0 Å². The smallest absolute Gasteiger partial charge is 0.338 e. The van der Waals surface area contributed by atoms with E-state index in [2.05, 4.69) is 5.32 Å². The van der Waals surface area contributed by atoms with Gasteiger partial charge in [0.2, 0.25) is 15.9 Å². The summed E-state index contributed by atoms with van der Waals surface area (Å²) in [7, 11) is 2.07. The fraction of sp³-hybridized carbons (Fsp3) is 0.400. The second-order valence-electron chi connectivity index (χ2n) is 5.31. The van der Waals surface area contributed by atoms with Crippen LogP contribution in [0.25, 0.3) is 0 Å². The SMILES string of the molecule is CNC(=O)CN(C)C(=O)COC(=O)c1ccc(S(=O)(=O)N(C)C)cc1. The molecule has 0 saturated carbocycles. The summed E-state index contributed by atoms with van der Waals surface area (Å²) in [5.74, 6) is -1.65. The van der Waals surface area contributed by atoms with Crippen molar-refractivity contribution in [1.82, 2.24) is 14.5 Å². The van der Waals surface area contributed by atoms with Gasteiger partial charge in [-0.25, -0.2) is 17.5 Å². The van der Waals surface area contributed by atoms with Gasteiger partial charge in [0, 0.05) is 28.2 Å². The van der Waals surface area contributed by atoms with Crippen molar-refractivity contribution in [2.45, 2.75) is 4.90 Å². The first-order valence-corrected chi connectivity index (χ1v) is 8.68. The van der Waals surface area contributed by atoms with Crippen LogP contribution in [0.1, 0.15) is 10.4 Å². The Balaban J connectivity index is 2.67. The minimum Gasteiger partial charge on any atom is -0.452 e. The summed E-state index contributed by atoms with van der Waals surface area (Å²) in [5, 5.41) is 2.37. The summed E-state index contributed by atoms with van der Waals surface area (Å²) in [6.45, 7) is -0.673. The van der Waals surface area contributed by atoms with Crippen molar-refractivity contribution in [3.8, 4) is 0 Å². The average Bonchev–Trinajstić information content (AvgIpc) is 2.58. The fourth-order valence-corrected chi connectivity index (χ4v) is 2.58. The van der Waals surface area contributed by atoms with E-state index < -0.39 is 28.5 Å². The lowest BCUT2D eigenvalue weighted by Gasteiger charge is -2.16. The van der Waals surface area contributed by atoms with Crippen molar-refractivity contribution < 1.29 is 27.5 Å². The largest absolute Gasteiger partial charge is 0.452 e. The Morgan fingerprint density at radius 2 is 1.64 bits per heavy atom. The quantitative estimate of drug-likeness (QED) is 0.634. The zero-order valence-corrected chi connectivity index (χ0v) is 15.3. The van der Waals surface area contributed by atoms with E-state index in [1.807, 2.05) is 0 Å². The summed E-state index contributed by atoms with van der Waals surface area (Å²) in [5.41, 5.74) is 0.111. The number of benzene rings is 1. The molecule has 1 aromatic carbocycles. The highest BCUT2D eigenvalue weighted by atomic mass is 32.2. The number of nitrogens with zero attached hydrogens (tertiary/aromatic N) is 2. The first-order chi connectivity index (χ1) is 11.6. The molecule has 25 heavy (non-hydrogen) atoms. The van der Waals surface area contributed by atoms with Crippen LogP contribution in [0, 0.1) is 0 Å². The standard InChI is InChI=1S/C15H21N3O6S/c1-16-13(19)9-18(4)14(20)10-24-15(21)11-5-7-12(8-6-11)25(22,23)17(2)3/h5-8H,9-10H2,1-4H3,(H,16,19). The summed E-state index contributed by atoms with van der Waals surface area (Å²) in [6, 6.07) is 5.17. The molecule has 0 aliphatic carbocycles. The normalized spacial score (nSPS) is 11.1. The van der Waals surface area contributed by atoms with Gasteiger partial charge in [-0.05, 0) is 24.3 Å². The molecule has 0 aliphatic rings. The number of nitrogens with one attached hydrogen (secondary N) is 1. The van der Waals surface area contributed by atoms with E-state index in [0.29, 0.717) is 0 Å². The number of likely N-dealkylation sites (N-methyl/N-ethyl adjacent to an activating group) is 2. The Labute approximate surface area is 146 Å². The van der Waals surface area contributed by atoms with Gasteiger partial charge in [0.1, 0.15) is 0 Å². The number of amides is 2. The fourth-order valence-electron chi connectivity index (χ4n) is 1.68. The van der Waals surface area contributed by atoms with Gasteiger partial charge in [0.25, 0.3) is 5.91 Å². The van der Waals surface area contributed by atoms with Crippen LogP contribution in [0.15, 0.2) is 29.2 Å². The molecule has 0 heterocycles. The van der Waals surface area contributed by atoms with E-state index in [-0.39, 0.29) is 22.9 Å². The first-order valence-electron chi connectivity index (χ1n) is 7.24. The van der Waals surface area contributed by atoms with Crippen LogP contribution in [0.3, 0.4) is 0 Å². The number of ether oxygens (including phenoxy) is 1. The van der Waals surface area contributed by atoms with Gasteiger partial charge < -0.3 is 15.0 Å². The molecule has 0 radical (unpaired) electrons. The molecule has 10 heteroatoms. The molecule has 2 amide bonds. The Bertz CT molecular complexity index is 743. The highest BCUT2D eigenvalue weighted by molar-refractivity contribution is 7.89. The lowest BCUT2D eigenvalue weighted by molar-refractivity contribution is -0.137. The first kappa shape index (κ1) is 20.6. The van der Waals surface area contributed by atoms with Gasteiger partial charge >= 0.3 is 5.97 Å². The van der Waals surface area contributed by atoms with Crippen LogP contribution in [-0.4, -0.2) is 76.7 Å². The van der Waals surface area contributed by atoms with E-state index in [1.54, 1.807) is 0 Å². The maximum Gasteiger partial charge on any atom is 0.338 e. The van der Waals surface area contributed by atoms with Crippen LogP contribution in [0.4, 0.5) is 0 Å². The molecular weight excluding hydrogens is 350 g/mol. The van der Waals surface area contributed by atoms with Crippen molar-refractivity contribution in [3.63, 3.8) is 0 Å². The minimum absolute atomic E-state index is 0.0374. The summed E-state index contributed by atoms with van der Waals surface area (Å²) in [4.78, 5) is 36.0. The van der Waals surface area contributed by atoms with Crippen molar-refractivity contribution >= 4 is 27.8 Å². The van der Waals surface area contributed by atoms with Gasteiger partial charge in [0.05, 0.1) is 17.0 Å². The highest BCUT2D eigenvalue weighted by Gasteiger charge is 2.19. The van der Waals surface area contributed by atoms with E-state index in [9.17, 15) is 22.8 Å². The molecule has 0 atom stereocenters. The lowest BCUT2D eigenvalue weighted by Crippen LogP contribution is -2.39. The van der Waals surface area contributed by atoms with E-state index in [0.717, 1.165) is 9.21 Å². The number of rotatable bonds is 7. The Hall–Kier alpha value is -2.46.